The second-order valence-electron chi connectivity index (χ2n) is 5.95. The number of hydrogen-bond acceptors (Lipinski definition) is 6. The highest BCUT2D eigenvalue weighted by Gasteiger charge is 2.17. The minimum absolute atomic E-state index is 0.262. The van der Waals surface area contributed by atoms with Crippen LogP contribution in [0.1, 0.15) is 36.0 Å². The lowest BCUT2D eigenvalue weighted by atomic mass is 10.2. The second-order valence-corrected chi connectivity index (χ2v) is 6.86. The number of carbonyl (C=O) groups excluding carboxylic acids is 1. The molecule has 1 aliphatic rings. The van der Waals surface area contributed by atoms with Crippen LogP contribution < -0.4 is 21.5 Å². The molecule has 1 aromatic carbocycles. The number of hydrazine groups is 1. The number of nitrogen functional groups attached to an aromatic ring is 1. The van der Waals surface area contributed by atoms with Crippen molar-refractivity contribution >= 4 is 39.2 Å². The van der Waals surface area contributed by atoms with E-state index in [1.807, 2.05) is 12.1 Å². The quantitative estimate of drug-likeness (QED) is 0.677. The van der Waals surface area contributed by atoms with Crippen LogP contribution in [-0.2, 0) is 0 Å². The van der Waals surface area contributed by atoms with Gasteiger partial charge in [0.05, 0.1) is 0 Å². The van der Waals surface area contributed by atoms with Crippen molar-refractivity contribution in [1.82, 2.24) is 15.4 Å². The monoisotopic (exact) mass is 404 g/mol. The van der Waals surface area contributed by atoms with Gasteiger partial charge in [-0.05, 0) is 37.1 Å². The van der Waals surface area contributed by atoms with Crippen molar-refractivity contribution in [3.63, 3.8) is 0 Å². The molecule has 0 spiro atoms. The summed E-state index contributed by atoms with van der Waals surface area (Å²) >= 11 is 3.35. The van der Waals surface area contributed by atoms with E-state index in [0.29, 0.717) is 17.1 Å². The normalized spacial score (nSPS) is 14.7. The lowest BCUT2D eigenvalue weighted by Gasteiger charge is -2.23. The Morgan fingerprint density at radius 3 is 2.44 bits per heavy atom. The van der Waals surface area contributed by atoms with Gasteiger partial charge in [0.2, 0.25) is 0 Å². The van der Waals surface area contributed by atoms with Crippen molar-refractivity contribution < 1.29 is 4.79 Å². The predicted octanol–water partition coefficient (Wildman–Crippen LogP) is 2.96. The summed E-state index contributed by atoms with van der Waals surface area (Å²) in [4.78, 5) is 22.8. The second kappa shape index (κ2) is 8.15. The van der Waals surface area contributed by atoms with Gasteiger partial charge >= 0.3 is 0 Å². The van der Waals surface area contributed by atoms with Crippen LogP contribution in [0.15, 0.2) is 35.1 Å². The molecule has 2 aromatic rings. The Hall–Kier alpha value is -2.35. The van der Waals surface area contributed by atoms with Gasteiger partial charge in [-0.2, -0.15) is 0 Å². The van der Waals surface area contributed by atoms with Gasteiger partial charge in [-0.25, -0.2) is 9.97 Å². The molecular formula is C17H21BrN6O. The third-order valence-electron chi connectivity index (χ3n) is 4.17. The SMILES string of the molecule is Nc1c(NNC(=O)c2ccc(Br)cc2)ncnc1N1CCCCCC1. The number of amides is 1. The highest BCUT2D eigenvalue weighted by atomic mass is 79.9. The fourth-order valence-electron chi connectivity index (χ4n) is 2.81. The fourth-order valence-corrected chi connectivity index (χ4v) is 3.07. The minimum Gasteiger partial charge on any atom is -0.393 e. The number of rotatable bonds is 4. The molecule has 1 aromatic heterocycles. The average Bonchev–Trinajstić information content (AvgIpc) is 2.90. The van der Waals surface area contributed by atoms with E-state index in [-0.39, 0.29) is 5.91 Å². The Morgan fingerprint density at radius 2 is 1.76 bits per heavy atom. The number of nitrogens with two attached hydrogens (primary N) is 1. The largest absolute Gasteiger partial charge is 0.393 e. The summed E-state index contributed by atoms with van der Waals surface area (Å²) in [6, 6.07) is 7.08. The molecular weight excluding hydrogens is 384 g/mol. The molecule has 7 nitrogen and oxygen atoms in total. The highest BCUT2D eigenvalue weighted by molar-refractivity contribution is 9.10. The molecule has 132 valence electrons. The average molecular weight is 405 g/mol. The zero-order chi connectivity index (χ0) is 17.6. The summed E-state index contributed by atoms with van der Waals surface area (Å²) in [5, 5.41) is 0. The van der Waals surface area contributed by atoms with Crippen LogP contribution in [0, 0.1) is 0 Å². The highest BCUT2D eigenvalue weighted by Crippen LogP contribution is 2.27. The van der Waals surface area contributed by atoms with E-state index in [9.17, 15) is 4.79 Å². The number of nitrogens with one attached hydrogen (secondary N) is 2. The predicted molar refractivity (Wildman–Crippen MR) is 102 cm³/mol. The molecule has 4 N–H and O–H groups in total. The Bertz CT molecular complexity index is 728. The van der Waals surface area contributed by atoms with Gasteiger partial charge in [0.25, 0.3) is 5.91 Å². The van der Waals surface area contributed by atoms with Gasteiger partial charge in [-0.3, -0.25) is 15.6 Å². The number of hydrogen-bond donors (Lipinski definition) is 3. The number of nitrogens with zero attached hydrogens (tertiary/aromatic N) is 3. The first kappa shape index (κ1) is 17.5. The van der Waals surface area contributed by atoms with Gasteiger partial charge < -0.3 is 10.6 Å². The Kier molecular flexibility index (Phi) is 5.70. The molecule has 0 bridgehead atoms. The maximum absolute atomic E-state index is 12.2. The molecule has 0 saturated carbocycles. The zero-order valence-corrected chi connectivity index (χ0v) is 15.4. The van der Waals surface area contributed by atoms with E-state index in [1.54, 1.807) is 12.1 Å². The first-order valence-corrected chi connectivity index (χ1v) is 9.12. The van der Waals surface area contributed by atoms with Crippen molar-refractivity contribution in [2.45, 2.75) is 25.7 Å². The molecule has 1 amide bonds. The number of carbonyl (C=O) groups is 1. The van der Waals surface area contributed by atoms with Crippen molar-refractivity contribution in [1.29, 1.82) is 0 Å². The summed E-state index contributed by atoms with van der Waals surface area (Å²) in [5.74, 6) is 0.860. The molecule has 0 aliphatic carbocycles. The van der Waals surface area contributed by atoms with Gasteiger partial charge in [0.15, 0.2) is 11.6 Å². The molecule has 0 unspecified atom stereocenters. The molecule has 1 aliphatic heterocycles. The summed E-state index contributed by atoms with van der Waals surface area (Å²) in [5.41, 5.74) is 12.6. The minimum atomic E-state index is -0.262. The first-order chi connectivity index (χ1) is 12.1. The molecule has 8 heteroatoms. The van der Waals surface area contributed by atoms with Crippen LogP contribution >= 0.6 is 15.9 Å². The van der Waals surface area contributed by atoms with E-state index in [4.69, 9.17) is 5.73 Å². The third-order valence-corrected chi connectivity index (χ3v) is 4.70. The third kappa shape index (κ3) is 4.39. The van der Waals surface area contributed by atoms with Crippen molar-refractivity contribution in [3.05, 3.63) is 40.6 Å². The molecule has 25 heavy (non-hydrogen) atoms. The first-order valence-electron chi connectivity index (χ1n) is 8.32. The maximum Gasteiger partial charge on any atom is 0.269 e. The van der Waals surface area contributed by atoms with Gasteiger partial charge in [0, 0.05) is 23.1 Å². The van der Waals surface area contributed by atoms with Crippen LogP contribution in [-0.4, -0.2) is 29.0 Å². The van der Waals surface area contributed by atoms with Crippen LogP contribution in [0.25, 0.3) is 0 Å². The lowest BCUT2D eigenvalue weighted by Crippen LogP contribution is -2.31. The summed E-state index contributed by atoms with van der Waals surface area (Å²) in [6.45, 7) is 1.87. The van der Waals surface area contributed by atoms with E-state index < -0.39 is 0 Å². The van der Waals surface area contributed by atoms with Gasteiger partial charge in [0.1, 0.15) is 12.0 Å². The molecule has 1 fully saturated rings. The maximum atomic E-state index is 12.2. The lowest BCUT2D eigenvalue weighted by molar-refractivity contribution is 0.0962. The number of benzene rings is 1. The number of aromatic nitrogens is 2. The van der Waals surface area contributed by atoms with E-state index in [2.05, 4.69) is 41.6 Å². The van der Waals surface area contributed by atoms with Gasteiger partial charge in [-0.1, -0.05) is 28.8 Å². The molecule has 3 rings (SSSR count). The Morgan fingerprint density at radius 1 is 1.08 bits per heavy atom. The Balaban J connectivity index is 1.69. The molecule has 1 saturated heterocycles. The zero-order valence-electron chi connectivity index (χ0n) is 13.8. The van der Waals surface area contributed by atoms with E-state index >= 15 is 0 Å². The molecule has 0 atom stereocenters. The summed E-state index contributed by atoms with van der Waals surface area (Å²) in [7, 11) is 0. The van der Waals surface area contributed by atoms with Gasteiger partial charge in [-0.15, -0.1) is 0 Å². The van der Waals surface area contributed by atoms with Crippen molar-refractivity contribution in [3.8, 4) is 0 Å². The smallest absolute Gasteiger partial charge is 0.269 e. The molecule has 0 radical (unpaired) electrons. The van der Waals surface area contributed by atoms with E-state index in [1.165, 1.54) is 19.2 Å². The molecule has 2 heterocycles. The van der Waals surface area contributed by atoms with Crippen LogP contribution in [0.4, 0.5) is 17.3 Å². The topological polar surface area (TPSA) is 96.2 Å². The fraction of sp³-hybridized carbons (Fsp3) is 0.353. The van der Waals surface area contributed by atoms with Crippen LogP contribution in [0.2, 0.25) is 0 Å². The summed E-state index contributed by atoms with van der Waals surface area (Å²) < 4.78 is 0.916. The van der Waals surface area contributed by atoms with Crippen molar-refractivity contribution in [2.75, 3.05) is 29.1 Å². The van der Waals surface area contributed by atoms with Crippen LogP contribution in [0.3, 0.4) is 0 Å². The Labute approximate surface area is 155 Å². The number of halogens is 1. The summed E-state index contributed by atoms with van der Waals surface area (Å²) in [6.07, 6.45) is 6.19. The van der Waals surface area contributed by atoms with Crippen LogP contribution in [0.5, 0.6) is 0 Å². The number of anilines is 3. The van der Waals surface area contributed by atoms with E-state index in [0.717, 1.165) is 36.2 Å². The van der Waals surface area contributed by atoms with Crippen molar-refractivity contribution in [2.24, 2.45) is 0 Å². The standard InChI is InChI=1S/C17H21BrN6O/c18-13-7-5-12(6-8-13)17(25)23-22-15-14(19)16(21-11-20-15)24-9-3-1-2-4-10-24/h5-8,11H,1-4,9-10,19H2,(H,23,25)(H,20,21,22).